The molecule has 0 saturated heterocycles. The average Bonchev–Trinajstić information content (AvgIpc) is 3.34. The molecule has 4 rings (SSSR count). The zero-order chi connectivity index (χ0) is 17.9. The maximum atomic E-state index is 5.52. The molecule has 6 heteroatoms. The van der Waals surface area contributed by atoms with E-state index in [1.807, 2.05) is 24.4 Å². The molecule has 0 aliphatic heterocycles. The molecule has 0 spiro atoms. The summed E-state index contributed by atoms with van der Waals surface area (Å²) >= 11 is 1.72. The van der Waals surface area contributed by atoms with Crippen molar-refractivity contribution in [1.29, 1.82) is 0 Å². The summed E-state index contributed by atoms with van der Waals surface area (Å²) in [5, 5.41) is 1.02. The Morgan fingerprint density at radius 1 is 1.04 bits per heavy atom. The zero-order valence-corrected chi connectivity index (χ0v) is 15.5. The Kier molecular flexibility index (Phi) is 4.58. The van der Waals surface area contributed by atoms with Crippen molar-refractivity contribution in [1.82, 2.24) is 15.0 Å². The van der Waals surface area contributed by atoms with Gasteiger partial charge in [0.25, 0.3) is 0 Å². The van der Waals surface area contributed by atoms with Gasteiger partial charge in [0.1, 0.15) is 5.01 Å². The third-order valence-corrected chi connectivity index (χ3v) is 5.45. The van der Waals surface area contributed by atoms with Crippen molar-refractivity contribution in [3.8, 4) is 22.1 Å². The van der Waals surface area contributed by atoms with E-state index in [0.717, 1.165) is 51.5 Å². The lowest BCUT2D eigenvalue weighted by atomic mass is 10.1. The molecule has 2 aromatic heterocycles. The Hall–Kier alpha value is -2.86. The molecule has 0 radical (unpaired) electrons. The van der Waals surface area contributed by atoms with Gasteiger partial charge in [0.15, 0.2) is 11.5 Å². The summed E-state index contributed by atoms with van der Waals surface area (Å²) in [5.41, 5.74) is 4.24. The highest BCUT2D eigenvalue weighted by Crippen LogP contribution is 2.33. The van der Waals surface area contributed by atoms with Crippen LogP contribution in [-0.4, -0.2) is 29.2 Å². The molecule has 0 aliphatic carbocycles. The number of benzene rings is 2. The first kappa shape index (κ1) is 16.6. The second-order valence-electron chi connectivity index (χ2n) is 5.92. The van der Waals surface area contributed by atoms with Gasteiger partial charge in [-0.15, -0.1) is 11.3 Å². The smallest absolute Gasteiger partial charge is 0.163 e. The van der Waals surface area contributed by atoms with E-state index >= 15 is 0 Å². The molecule has 1 N–H and O–H groups in total. The van der Waals surface area contributed by atoms with Gasteiger partial charge in [0.05, 0.1) is 31.6 Å². The summed E-state index contributed by atoms with van der Waals surface area (Å²) in [5.74, 6) is 1.58. The lowest BCUT2D eigenvalue weighted by Crippen LogP contribution is -1.97. The highest BCUT2D eigenvalue weighted by atomic mass is 32.1. The van der Waals surface area contributed by atoms with Crippen LogP contribution in [-0.2, 0) is 12.8 Å². The maximum Gasteiger partial charge on any atom is 0.163 e. The van der Waals surface area contributed by atoms with Gasteiger partial charge in [-0.25, -0.2) is 9.97 Å². The SMILES string of the molecule is COc1cccc(CCc2cnc(-c3ccc4nc[nH]c4c3)s2)c1OC. The summed E-state index contributed by atoms with van der Waals surface area (Å²) in [7, 11) is 3.34. The number of H-pyrrole nitrogens is 1. The summed E-state index contributed by atoms with van der Waals surface area (Å²) in [6.07, 6.45) is 5.46. The molecule has 5 nitrogen and oxygen atoms in total. The Balaban J connectivity index is 1.52. The van der Waals surface area contributed by atoms with E-state index in [-0.39, 0.29) is 0 Å². The van der Waals surface area contributed by atoms with E-state index < -0.39 is 0 Å². The molecule has 2 heterocycles. The first-order chi connectivity index (χ1) is 12.8. The lowest BCUT2D eigenvalue weighted by molar-refractivity contribution is 0.351. The van der Waals surface area contributed by atoms with Crippen molar-refractivity contribution in [3.63, 3.8) is 0 Å². The molecule has 0 fully saturated rings. The number of para-hydroxylation sites is 1. The number of aromatic amines is 1. The minimum atomic E-state index is 0.767. The predicted molar refractivity (Wildman–Crippen MR) is 104 cm³/mol. The van der Waals surface area contributed by atoms with Crippen molar-refractivity contribution in [3.05, 3.63) is 59.4 Å². The van der Waals surface area contributed by atoms with Gasteiger partial charge in [0.2, 0.25) is 0 Å². The van der Waals surface area contributed by atoms with Gasteiger partial charge in [-0.3, -0.25) is 0 Å². The monoisotopic (exact) mass is 365 g/mol. The number of methoxy groups -OCH3 is 2. The fourth-order valence-electron chi connectivity index (χ4n) is 3.03. The van der Waals surface area contributed by atoms with Crippen LogP contribution in [0.1, 0.15) is 10.4 Å². The first-order valence-corrected chi connectivity index (χ1v) is 9.18. The fraction of sp³-hybridized carbons (Fsp3) is 0.200. The van der Waals surface area contributed by atoms with Crippen LogP contribution in [0.2, 0.25) is 0 Å². The number of ether oxygens (including phenoxy) is 2. The molecule has 0 amide bonds. The van der Waals surface area contributed by atoms with Crippen LogP contribution in [0.3, 0.4) is 0 Å². The lowest BCUT2D eigenvalue weighted by Gasteiger charge is -2.11. The Morgan fingerprint density at radius 3 is 2.81 bits per heavy atom. The largest absolute Gasteiger partial charge is 0.493 e. The van der Waals surface area contributed by atoms with E-state index in [2.05, 4.69) is 33.2 Å². The molecule has 132 valence electrons. The number of nitrogens with zero attached hydrogens (tertiary/aromatic N) is 2. The number of aryl methyl sites for hydroxylation is 2. The third-order valence-electron chi connectivity index (χ3n) is 4.35. The normalized spacial score (nSPS) is 11.0. The van der Waals surface area contributed by atoms with E-state index in [4.69, 9.17) is 9.47 Å². The van der Waals surface area contributed by atoms with Gasteiger partial charge < -0.3 is 14.5 Å². The number of fused-ring (bicyclic) bond motifs is 1. The highest BCUT2D eigenvalue weighted by molar-refractivity contribution is 7.15. The minimum absolute atomic E-state index is 0.767. The second kappa shape index (κ2) is 7.17. The number of rotatable bonds is 6. The molecule has 0 atom stereocenters. The quantitative estimate of drug-likeness (QED) is 0.547. The number of hydrogen-bond acceptors (Lipinski definition) is 5. The van der Waals surface area contributed by atoms with Crippen molar-refractivity contribution in [2.75, 3.05) is 14.2 Å². The molecular weight excluding hydrogens is 346 g/mol. The first-order valence-electron chi connectivity index (χ1n) is 8.36. The van der Waals surface area contributed by atoms with Crippen LogP contribution in [0.25, 0.3) is 21.6 Å². The van der Waals surface area contributed by atoms with Crippen LogP contribution in [0.15, 0.2) is 48.9 Å². The van der Waals surface area contributed by atoms with Crippen molar-refractivity contribution in [2.45, 2.75) is 12.8 Å². The number of nitrogens with one attached hydrogen (secondary N) is 1. The second-order valence-corrected chi connectivity index (χ2v) is 7.03. The topological polar surface area (TPSA) is 60.0 Å². The number of aromatic nitrogens is 3. The summed E-state index contributed by atoms with van der Waals surface area (Å²) < 4.78 is 10.9. The van der Waals surface area contributed by atoms with E-state index in [0.29, 0.717) is 0 Å². The number of imidazole rings is 1. The summed E-state index contributed by atoms with van der Waals surface area (Å²) in [6.45, 7) is 0. The van der Waals surface area contributed by atoms with Crippen molar-refractivity contribution >= 4 is 22.4 Å². The van der Waals surface area contributed by atoms with Gasteiger partial charge in [-0.1, -0.05) is 12.1 Å². The fourth-order valence-corrected chi connectivity index (χ4v) is 3.94. The molecule has 4 aromatic rings. The Labute approximate surface area is 155 Å². The molecule has 0 bridgehead atoms. The molecular formula is C20H19N3O2S. The van der Waals surface area contributed by atoms with Crippen LogP contribution in [0.4, 0.5) is 0 Å². The summed E-state index contributed by atoms with van der Waals surface area (Å²) in [4.78, 5) is 13.2. The van der Waals surface area contributed by atoms with Crippen LogP contribution in [0, 0.1) is 0 Å². The van der Waals surface area contributed by atoms with E-state index in [1.54, 1.807) is 31.9 Å². The molecule has 26 heavy (non-hydrogen) atoms. The highest BCUT2D eigenvalue weighted by Gasteiger charge is 2.11. The summed E-state index contributed by atoms with van der Waals surface area (Å²) in [6, 6.07) is 12.2. The van der Waals surface area contributed by atoms with Crippen LogP contribution in [0.5, 0.6) is 11.5 Å². The van der Waals surface area contributed by atoms with Gasteiger partial charge in [0, 0.05) is 16.6 Å². The average molecular weight is 365 g/mol. The molecule has 0 saturated carbocycles. The number of hydrogen-bond donors (Lipinski definition) is 1. The molecule has 0 unspecified atom stereocenters. The van der Waals surface area contributed by atoms with Crippen molar-refractivity contribution in [2.24, 2.45) is 0 Å². The van der Waals surface area contributed by atoms with Crippen LogP contribution < -0.4 is 9.47 Å². The van der Waals surface area contributed by atoms with Crippen molar-refractivity contribution < 1.29 is 9.47 Å². The van der Waals surface area contributed by atoms with Gasteiger partial charge in [-0.05, 0) is 42.7 Å². The van der Waals surface area contributed by atoms with E-state index in [1.165, 1.54) is 4.88 Å². The zero-order valence-electron chi connectivity index (χ0n) is 14.7. The molecule has 0 aliphatic rings. The van der Waals surface area contributed by atoms with E-state index in [9.17, 15) is 0 Å². The minimum Gasteiger partial charge on any atom is -0.493 e. The van der Waals surface area contributed by atoms with Gasteiger partial charge in [-0.2, -0.15) is 0 Å². The molecule has 2 aromatic carbocycles. The Morgan fingerprint density at radius 2 is 1.96 bits per heavy atom. The Bertz CT molecular complexity index is 1040. The van der Waals surface area contributed by atoms with Crippen LogP contribution >= 0.6 is 11.3 Å². The predicted octanol–water partition coefficient (Wildman–Crippen LogP) is 4.49. The third kappa shape index (κ3) is 3.15. The standard InChI is InChI=1S/C20H19N3O2S/c1-24-18-5-3-4-13(19(18)25-2)6-8-15-11-21-20(26-15)14-7-9-16-17(10-14)23-12-22-16/h3-5,7,9-12H,6,8H2,1-2H3,(H,22,23). The maximum absolute atomic E-state index is 5.52. The van der Waals surface area contributed by atoms with Gasteiger partial charge >= 0.3 is 0 Å². The number of thiazole rings is 1.